The molecule has 0 bridgehead atoms. The van der Waals surface area contributed by atoms with Gasteiger partial charge in [0.05, 0.1) is 16.1 Å². The van der Waals surface area contributed by atoms with Crippen LogP contribution in [0.1, 0.15) is 128 Å². The number of hydrogen-bond donors (Lipinski definition) is 0. The van der Waals surface area contributed by atoms with Gasteiger partial charge in [-0.3, -0.25) is 0 Å². The average Bonchev–Trinajstić information content (AvgIpc) is 3.69. The minimum absolute atomic E-state index is 0. The molecule has 0 aromatic heterocycles. The van der Waals surface area contributed by atoms with Gasteiger partial charge in [-0.05, 0) is 73.3 Å². The van der Waals surface area contributed by atoms with E-state index < -0.39 is 16.1 Å². The standard InChI is InChI=1S/2C29H39Si.2CH3.2ClH.Si.Zr/c2*1-5-17-29(18-8-6-7-9-19-29)22-23-20-25-11-10-12-27(28(25)21-23)24-13-15-26(16-14-24)30(2,3)4;;;;;;/h2*10-16,20-21H,5-9,17-19,22H2,1-4H3;2*1H3;2*1H;;/q4*-1;;;;. The zero-order valence-electron chi connectivity index (χ0n) is 42.9. The summed E-state index contributed by atoms with van der Waals surface area (Å²) in [6, 6.07) is 42.5. The second-order valence-electron chi connectivity index (χ2n) is 21.7. The molecule has 0 heterocycles. The van der Waals surface area contributed by atoms with Crippen molar-refractivity contribution in [1.29, 1.82) is 0 Å². The Bertz CT molecular complexity index is 2130. The van der Waals surface area contributed by atoms with Crippen molar-refractivity contribution in [3.05, 3.63) is 135 Å². The fraction of sp³-hybridized carbons (Fsp3) is 0.467. The van der Waals surface area contributed by atoms with Gasteiger partial charge < -0.3 is 14.9 Å². The molecule has 0 aliphatic heterocycles. The molecule has 0 atom stereocenters. The van der Waals surface area contributed by atoms with Gasteiger partial charge in [-0.15, -0.1) is 93.9 Å². The zero-order valence-corrected chi connectivity index (χ0v) is 50.0. The average molecular weight is 1050 g/mol. The number of rotatable bonds is 12. The van der Waals surface area contributed by atoms with Gasteiger partial charge >= 0.3 is 30.2 Å². The van der Waals surface area contributed by atoms with Crippen LogP contribution < -0.4 is 10.4 Å². The van der Waals surface area contributed by atoms with E-state index in [-0.39, 0.29) is 39.7 Å². The molecule has 360 valence electrons. The third-order valence-electron chi connectivity index (χ3n) is 14.8. The molecule has 0 amide bonds. The van der Waals surface area contributed by atoms with Gasteiger partial charge in [0.15, 0.2) is 0 Å². The molecule has 6 aromatic carbocycles. The van der Waals surface area contributed by atoms with E-state index in [1.54, 1.807) is 11.1 Å². The van der Waals surface area contributed by atoms with Crippen LogP contribution in [0.4, 0.5) is 0 Å². The van der Waals surface area contributed by atoms with Gasteiger partial charge in [-0.2, -0.15) is 12.1 Å². The maximum absolute atomic E-state index is 3.06. The summed E-state index contributed by atoms with van der Waals surface area (Å²) < 4.78 is 0. The van der Waals surface area contributed by atoms with E-state index in [1.807, 2.05) is 0 Å². The minimum atomic E-state index is -1.25. The summed E-state index contributed by atoms with van der Waals surface area (Å²) >= 11 is 1.36. The van der Waals surface area contributed by atoms with Crippen molar-refractivity contribution >= 4 is 79.8 Å². The quantitative estimate of drug-likeness (QED) is 0.0651. The predicted octanol–water partition coefficient (Wildman–Crippen LogP) is 18.3. The van der Waals surface area contributed by atoms with E-state index in [0.29, 0.717) is 10.8 Å². The molecule has 2 fully saturated rings. The van der Waals surface area contributed by atoms with E-state index in [0.717, 1.165) is 0 Å². The van der Waals surface area contributed by atoms with Gasteiger partial charge in [0.25, 0.3) is 0 Å². The molecule has 2 aliphatic rings. The van der Waals surface area contributed by atoms with Crippen LogP contribution >= 0.6 is 24.8 Å². The van der Waals surface area contributed by atoms with Crippen LogP contribution in [-0.2, 0) is 36.2 Å². The molecule has 2 saturated carbocycles. The van der Waals surface area contributed by atoms with Crippen LogP contribution in [0.5, 0.6) is 0 Å². The van der Waals surface area contributed by atoms with Crippen molar-refractivity contribution < 1.29 is 23.3 Å². The monoisotopic (exact) mass is 1050 g/mol. The Morgan fingerprint density at radius 2 is 0.803 bits per heavy atom. The maximum atomic E-state index is 3.06. The van der Waals surface area contributed by atoms with E-state index in [2.05, 4.69) is 169 Å². The summed E-state index contributed by atoms with van der Waals surface area (Å²) in [5, 5.41) is 8.78. The number of halogens is 2. The van der Waals surface area contributed by atoms with Crippen LogP contribution in [-0.4, -0.2) is 23.0 Å². The molecule has 6 heteroatoms. The zero-order chi connectivity index (χ0) is 44.4. The summed E-state index contributed by atoms with van der Waals surface area (Å²) in [5.74, 6) is 0. The summed E-state index contributed by atoms with van der Waals surface area (Å²) in [7, 11) is -2.50. The third-order valence-corrected chi connectivity index (χ3v) is 18.9. The molecule has 6 aromatic rings. The normalized spacial score (nSPS) is 15.7. The van der Waals surface area contributed by atoms with Crippen LogP contribution in [0.25, 0.3) is 43.8 Å². The number of benzene rings is 4. The molecule has 2 aliphatic carbocycles. The molecule has 0 nitrogen and oxygen atoms in total. The van der Waals surface area contributed by atoms with Crippen molar-refractivity contribution in [3.8, 4) is 22.3 Å². The van der Waals surface area contributed by atoms with Crippen LogP contribution in [0.15, 0.2) is 109 Å². The first-order valence-corrected chi connectivity index (χ1v) is 35.8. The Hall–Kier alpha value is -1.79. The van der Waals surface area contributed by atoms with Crippen LogP contribution in [0.2, 0.25) is 39.3 Å². The number of hydrogen-bond acceptors (Lipinski definition) is 0. The molecule has 0 saturated heterocycles. The first-order chi connectivity index (χ1) is 29.8. The van der Waals surface area contributed by atoms with Gasteiger partial charge in [0, 0.05) is 0 Å². The predicted molar refractivity (Wildman–Crippen MR) is 306 cm³/mol. The van der Waals surface area contributed by atoms with Gasteiger partial charge in [0.1, 0.15) is 0 Å². The molecule has 2 radical (unpaired) electrons. The second-order valence-corrected chi connectivity index (χ2v) is 31.8. The molecule has 0 unspecified atom stereocenters. The molecule has 0 spiro atoms. The van der Waals surface area contributed by atoms with E-state index in [1.165, 1.54) is 193 Å². The molecular weight excluding hydrogens is 967 g/mol. The Morgan fingerprint density at radius 3 is 1.09 bits per heavy atom. The Morgan fingerprint density at radius 1 is 0.485 bits per heavy atom. The molecule has 66 heavy (non-hydrogen) atoms. The Balaban J connectivity index is 0.000000413. The van der Waals surface area contributed by atoms with Gasteiger partial charge in [-0.25, -0.2) is 0 Å². The number of fused-ring (bicyclic) bond motifs is 2. The Labute approximate surface area is 436 Å². The van der Waals surface area contributed by atoms with E-state index in [4.69, 9.17) is 0 Å². The topological polar surface area (TPSA) is 0 Å². The second kappa shape index (κ2) is 27.6. The first kappa shape index (κ1) is 60.3. The van der Waals surface area contributed by atoms with Crippen molar-refractivity contribution in [2.75, 3.05) is 0 Å². The fourth-order valence-corrected chi connectivity index (χ4v) is 13.8. The van der Waals surface area contributed by atoms with E-state index in [9.17, 15) is 0 Å². The summed E-state index contributed by atoms with van der Waals surface area (Å²) in [6.45, 7) is 22.3. The Kier molecular flexibility index (Phi) is 25.2. The third kappa shape index (κ3) is 15.6. The summed E-state index contributed by atoms with van der Waals surface area (Å²) in [4.78, 5) is 0. The summed E-state index contributed by atoms with van der Waals surface area (Å²) in [5.41, 5.74) is 9.70. The van der Waals surface area contributed by atoms with Crippen LogP contribution in [0, 0.1) is 25.7 Å². The van der Waals surface area contributed by atoms with Crippen LogP contribution in [0.3, 0.4) is 0 Å². The van der Waals surface area contributed by atoms with E-state index >= 15 is 0 Å². The molecule has 8 rings (SSSR count). The molecular formula is C60H86Cl2Si3Zr-4. The SMILES string of the molecule is CCCC1(Cc2cc3c(-c4ccc([Si](C)(C)C)cc4)cccc3[cH-]2)CCCCCC1.CCCC1(Cc2cc3c(-c4ccc([Si](C)(C)C)cc4)cccc3[cH-]2)CCCCCC1.Cl.Cl.[CH3-].[CH3-].[Si]=[Zr]. The van der Waals surface area contributed by atoms with Crippen molar-refractivity contribution in [2.24, 2.45) is 10.8 Å². The van der Waals surface area contributed by atoms with Gasteiger partial charge in [0.2, 0.25) is 0 Å². The van der Waals surface area contributed by atoms with Crippen molar-refractivity contribution in [2.45, 2.75) is 169 Å². The molecule has 0 N–H and O–H groups in total. The summed E-state index contributed by atoms with van der Waals surface area (Å²) in [6.07, 6.45) is 25.1. The van der Waals surface area contributed by atoms with Crippen molar-refractivity contribution in [1.82, 2.24) is 0 Å². The first-order valence-electron chi connectivity index (χ1n) is 24.6. The van der Waals surface area contributed by atoms with Crippen molar-refractivity contribution in [3.63, 3.8) is 0 Å². The fourth-order valence-electron chi connectivity index (χ4n) is 11.5. The van der Waals surface area contributed by atoms with Gasteiger partial charge in [-0.1, -0.05) is 200 Å².